The van der Waals surface area contributed by atoms with Crippen LogP contribution in [0.1, 0.15) is 156 Å². The van der Waals surface area contributed by atoms with Crippen LogP contribution in [0, 0.1) is 0 Å². The molecule has 0 spiro atoms. The molecule has 0 N–H and O–H groups in total. The predicted molar refractivity (Wildman–Crippen MR) is 150 cm³/mol. The van der Waals surface area contributed by atoms with Gasteiger partial charge in [0, 0.05) is 0 Å². The maximum Gasteiger partial charge on any atom is -0.147 e. The Morgan fingerprint density at radius 3 is 0.833 bits per heavy atom. The minimum Gasteiger partial charge on any atom is -0.147 e. The van der Waals surface area contributed by atoms with Gasteiger partial charge in [-0.05, 0) is 0 Å². The summed E-state index contributed by atoms with van der Waals surface area (Å²) in [4.78, 5) is 0. The summed E-state index contributed by atoms with van der Waals surface area (Å²) in [5.41, 5.74) is 0. The molecule has 0 aliphatic rings. The molecule has 2 heteroatoms. The van der Waals surface area contributed by atoms with Crippen LogP contribution in [-0.2, 0) is 0 Å². The first kappa shape index (κ1) is 32.9. The number of rotatable bonds is 24. The van der Waals surface area contributed by atoms with Crippen molar-refractivity contribution in [3.63, 3.8) is 0 Å². The minimum atomic E-state index is -0.961. The monoisotopic (exact) mass is 464 g/mol. The van der Waals surface area contributed by atoms with E-state index in [1.807, 2.05) is 0 Å². The standard InChI is InChI=1S/C28H61P.ClH/c1-5-9-13-14-15-16-17-18-19-20-21-22-23-24-28-29(25-10-6-2,26-11-7-3)27-12-8-4;/h29H,5-28H2,1-4H3;1H. The fourth-order valence-corrected chi connectivity index (χ4v) is 10.9. The van der Waals surface area contributed by atoms with Crippen molar-refractivity contribution in [1.82, 2.24) is 0 Å². The van der Waals surface area contributed by atoms with Gasteiger partial charge in [-0.15, -0.1) is 12.4 Å². The van der Waals surface area contributed by atoms with Crippen LogP contribution in [0.5, 0.6) is 0 Å². The van der Waals surface area contributed by atoms with Crippen LogP contribution in [0.15, 0.2) is 0 Å². The first-order valence-corrected chi connectivity index (χ1v) is 17.1. The summed E-state index contributed by atoms with van der Waals surface area (Å²) in [7, 11) is -0.961. The molecule has 0 fully saturated rings. The molecule has 0 amide bonds. The molecule has 0 aromatic carbocycles. The van der Waals surface area contributed by atoms with Crippen molar-refractivity contribution < 1.29 is 0 Å². The van der Waals surface area contributed by atoms with Gasteiger partial charge >= 0.3 is 162 Å². The van der Waals surface area contributed by atoms with Crippen molar-refractivity contribution in [1.29, 1.82) is 0 Å². The van der Waals surface area contributed by atoms with Crippen molar-refractivity contribution in [3.8, 4) is 0 Å². The zero-order valence-corrected chi connectivity index (χ0v) is 23.7. The zero-order chi connectivity index (χ0) is 21.5. The van der Waals surface area contributed by atoms with Gasteiger partial charge in [0.1, 0.15) is 0 Å². The average Bonchev–Trinajstić information content (AvgIpc) is 2.74. The van der Waals surface area contributed by atoms with Crippen LogP contribution in [0.2, 0.25) is 0 Å². The third kappa shape index (κ3) is 20.6. The van der Waals surface area contributed by atoms with Crippen LogP contribution in [0.4, 0.5) is 0 Å². The second-order valence-electron chi connectivity index (χ2n) is 10.2. The number of hydrogen-bond acceptors (Lipinski definition) is 0. The second kappa shape index (κ2) is 26.0. The molecule has 0 saturated heterocycles. The molecule has 0 heterocycles. The van der Waals surface area contributed by atoms with Crippen molar-refractivity contribution in [2.24, 2.45) is 0 Å². The predicted octanol–water partition coefficient (Wildman–Crippen LogP) is 11.0. The zero-order valence-electron chi connectivity index (χ0n) is 21.9. The smallest absolute Gasteiger partial charge is 0.147 e. The summed E-state index contributed by atoms with van der Waals surface area (Å²) < 4.78 is 0. The maximum absolute atomic E-state index is 2.39. The van der Waals surface area contributed by atoms with Crippen molar-refractivity contribution in [2.45, 2.75) is 156 Å². The third-order valence-corrected chi connectivity index (χ3v) is 12.9. The summed E-state index contributed by atoms with van der Waals surface area (Å²) in [6.07, 6.45) is 36.2. The van der Waals surface area contributed by atoms with E-state index >= 15 is 0 Å². The van der Waals surface area contributed by atoms with Gasteiger partial charge in [0.2, 0.25) is 0 Å². The Labute approximate surface area is 200 Å². The Morgan fingerprint density at radius 2 is 0.533 bits per heavy atom. The van der Waals surface area contributed by atoms with Gasteiger partial charge in [-0.25, -0.2) is 0 Å². The van der Waals surface area contributed by atoms with E-state index < -0.39 is 7.26 Å². The van der Waals surface area contributed by atoms with Gasteiger partial charge in [-0.3, -0.25) is 0 Å². The largest absolute Gasteiger partial charge is 0.147 e. The summed E-state index contributed by atoms with van der Waals surface area (Å²) in [6, 6.07) is 0. The van der Waals surface area contributed by atoms with Gasteiger partial charge in [-0.2, -0.15) is 0 Å². The molecule has 0 aromatic heterocycles. The van der Waals surface area contributed by atoms with E-state index in [0.717, 1.165) is 0 Å². The van der Waals surface area contributed by atoms with Crippen LogP contribution >= 0.6 is 19.7 Å². The van der Waals surface area contributed by atoms with Crippen molar-refractivity contribution in [3.05, 3.63) is 0 Å². The van der Waals surface area contributed by atoms with Crippen molar-refractivity contribution in [2.75, 3.05) is 24.6 Å². The Hall–Kier alpha value is 0.720. The van der Waals surface area contributed by atoms with E-state index in [-0.39, 0.29) is 12.4 Å². The van der Waals surface area contributed by atoms with Crippen LogP contribution in [0.3, 0.4) is 0 Å². The Bertz CT molecular complexity index is 283. The topological polar surface area (TPSA) is 0 Å². The van der Waals surface area contributed by atoms with E-state index in [4.69, 9.17) is 0 Å². The molecular formula is C28H62ClP. The molecular weight excluding hydrogens is 403 g/mol. The Balaban J connectivity index is 0. The number of hydrogen-bond donors (Lipinski definition) is 0. The fourth-order valence-electron chi connectivity index (χ4n) is 5.10. The first-order valence-electron chi connectivity index (χ1n) is 14.2. The third-order valence-electron chi connectivity index (χ3n) is 7.24. The van der Waals surface area contributed by atoms with Crippen LogP contribution in [-0.4, -0.2) is 24.6 Å². The second-order valence-corrected chi connectivity index (χ2v) is 15.2. The van der Waals surface area contributed by atoms with Gasteiger partial charge in [0.05, 0.1) is 0 Å². The van der Waals surface area contributed by atoms with E-state index in [2.05, 4.69) is 27.7 Å². The molecule has 30 heavy (non-hydrogen) atoms. The molecule has 0 unspecified atom stereocenters. The molecule has 0 aliphatic heterocycles. The van der Waals surface area contributed by atoms with E-state index in [9.17, 15) is 0 Å². The molecule has 0 nitrogen and oxygen atoms in total. The Kier molecular flexibility index (Phi) is 28.5. The van der Waals surface area contributed by atoms with E-state index in [1.54, 1.807) is 31.1 Å². The summed E-state index contributed by atoms with van der Waals surface area (Å²) in [5, 5.41) is 0. The first-order chi connectivity index (χ1) is 14.2. The van der Waals surface area contributed by atoms with E-state index in [1.165, 1.54) is 122 Å². The molecule has 0 atom stereocenters. The van der Waals surface area contributed by atoms with Gasteiger partial charge in [0.15, 0.2) is 0 Å². The number of halogens is 1. The maximum atomic E-state index is 2.39. The quantitative estimate of drug-likeness (QED) is 0.0983. The van der Waals surface area contributed by atoms with Crippen LogP contribution < -0.4 is 0 Å². The van der Waals surface area contributed by atoms with Crippen LogP contribution in [0.25, 0.3) is 0 Å². The van der Waals surface area contributed by atoms with Gasteiger partial charge in [0.25, 0.3) is 0 Å². The molecule has 0 radical (unpaired) electrons. The summed E-state index contributed by atoms with van der Waals surface area (Å²) in [5.74, 6) is 0. The average molecular weight is 465 g/mol. The van der Waals surface area contributed by atoms with Crippen molar-refractivity contribution >= 4 is 19.7 Å². The normalized spacial score (nSPS) is 12.1. The molecule has 186 valence electrons. The fraction of sp³-hybridized carbons (Fsp3) is 1.00. The summed E-state index contributed by atoms with van der Waals surface area (Å²) in [6.45, 7) is 9.49. The van der Waals surface area contributed by atoms with Gasteiger partial charge in [-0.1, -0.05) is 26.2 Å². The number of unbranched alkanes of at least 4 members (excludes halogenated alkanes) is 16. The van der Waals surface area contributed by atoms with E-state index in [0.29, 0.717) is 0 Å². The summed E-state index contributed by atoms with van der Waals surface area (Å²) >= 11 is 0. The molecule has 0 bridgehead atoms. The minimum absolute atomic E-state index is 0. The molecule has 0 aliphatic carbocycles. The SMILES string of the molecule is CCCCCCCCCCCCCCCC[PH](CCCC)(CCCC)CCCC.Cl. The molecule has 0 saturated carbocycles. The molecule has 0 aromatic rings. The Morgan fingerprint density at radius 1 is 0.300 bits per heavy atom. The van der Waals surface area contributed by atoms with Gasteiger partial charge < -0.3 is 0 Å². The molecule has 0 rings (SSSR count).